The van der Waals surface area contributed by atoms with E-state index in [1.54, 1.807) is 44.4 Å². The van der Waals surface area contributed by atoms with Crippen molar-refractivity contribution < 1.29 is 29.0 Å². The minimum absolute atomic E-state index is 0.144. The molecule has 11 rings (SSSR count). The van der Waals surface area contributed by atoms with E-state index in [1.165, 1.54) is 237 Å². The van der Waals surface area contributed by atoms with Gasteiger partial charge in [-0.05, 0) is 290 Å². The van der Waals surface area contributed by atoms with E-state index in [9.17, 15) is 24.3 Å². The highest BCUT2D eigenvalue weighted by molar-refractivity contribution is 5.94. The molecule has 0 radical (unpaired) electrons. The molecule has 11 nitrogen and oxygen atoms in total. The second kappa shape index (κ2) is 84.0. The number of piperazine rings is 1. The number of benzene rings is 2. The molecule has 4 aliphatic heterocycles. The van der Waals surface area contributed by atoms with E-state index < -0.39 is 5.60 Å². The first kappa shape index (κ1) is 140. The Morgan fingerprint density at radius 1 is 0.415 bits per heavy atom. The summed E-state index contributed by atoms with van der Waals surface area (Å²) in [5.41, 5.74) is 3.39. The van der Waals surface area contributed by atoms with E-state index in [0.717, 1.165) is 187 Å². The van der Waals surface area contributed by atoms with Gasteiger partial charge in [0.1, 0.15) is 12.4 Å². The summed E-state index contributed by atoms with van der Waals surface area (Å²) in [6.07, 6.45) is 55.2. The molecule has 2 aromatic rings. The minimum Gasteiger partial charge on any atom is -0.445 e. The van der Waals surface area contributed by atoms with E-state index in [4.69, 9.17) is 4.74 Å². The van der Waals surface area contributed by atoms with Gasteiger partial charge >= 0.3 is 6.09 Å². The molecule has 0 aromatic heterocycles. The van der Waals surface area contributed by atoms with Crippen LogP contribution in [0.4, 0.5) is 4.79 Å². The van der Waals surface area contributed by atoms with Crippen LogP contribution in [0.25, 0.3) is 0 Å². The topological polar surface area (TPSA) is 114 Å². The number of amides is 2. The van der Waals surface area contributed by atoms with Gasteiger partial charge in [0.2, 0.25) is 5.91 Å². The van der Waals surface area contributed by atoms with Crippen LogP contribution in [0.1, 0.15) is 534 Å². The van der Waals surface area contributed by atoms with Crippen LogP contribution in [0.15, 0.2) is 54.6 Å². The Hall–Kier alpha value is -3.64. The number of carbonyl (C=O) groups excluding carboxylic acids is 4. The second-order valence-electron chi connectivity index (χ2n) is 52.8. The smallest absolute Gasteiger partial charge is 0.410 e. The quantitative estimate of drug-likeness (QED) is 0.0532. The maximum absolute atomic E-state index is 12.0. The number of likely N-dealkylation sites (N-methyl/N-ethyl adjacent to an activating group) is 1. The predicted octanol–water partition coefficient (Wildman–Crippen LogP) is 37.9. The molecule has 836 valence electrons. The highest BCUT2D eigenvalue weighted by Crippen LogP contribution is 2.60. The summed E-state index contributed by atoms with van der Waals surface area (Å²) in [5, 5.41) is 10.5. The number of unbranched alkanes of at least 4 members (excludes halogenated alkanes) is 3. The van der Waals surface area contributed by atoms with Crippen molar-refractivity contribution in [1.29, 1.82) is 0 Å². The maximum atomic E-state index is 12.0. The van der Waals surface area contributed by atoms with E-state index >= 15 is 0 Å². The Labute approximate surface area is 888 Å². The molecule has 4 heterocycles. The van der Waals surface area contributed by atoms with Gasteiger partial charge in [-0.3, -0.25) is 19.3 Å². The fourth-order valence-corrected chi connectivity index (χ4v) is 21.3. The van der Waals surface area contributed by atoms with Gasteiger partial charge in [-0.1, -0.05) is 444 Å². The summed E-state index contributed by atoms with van der Waals surface area (Å²) in [6, 6.07) is 17.7. The van der Waals surface area contributed by atoms with Crippen molar-refractivity contribution in [2.45, 2.75) is 531 Å². The third-order valence-corrected chi connectivity index (χ3v) is 30.8. The number of hydrogen-bond acceptors (Lipinski definition) is 9. The summed E-state index contributed by atoms with van der Waals surface area (Å²) in [5.74, 6) is 20.5. The number of Topliss-reactive ketones (excluding diaryl/α,β-unsaturated/α-hetero) is 2. The van der Waals surface area contributed by atoms with Gasteiger partial charge in [0, 0.05) is 70.8 Å². The number of rotatable bonds is 35. The predicted molar refractivity (Wildman–Crippen MR) is 627 cm³/mol. The number of piperidine rings is 3. The number of likely N-dealkylation sites (tertiary alicyclic amines) is 3. The van der Waals surface area contributed by atoms with Crippen molar-refractivity contribution in [1.82, 2.24) is 24.5 Å². The molecule has 2 aromatic carbocycles. The van der Waals surface area contributed by atoms with Crippen LogP contribution in [0.2, 0.25) is 0 Å². The van der Waals surface area contributed by atoms with Crippen LogP contribution in [-0.2, 0) is 27.5 Å². The third-order valence-electron chi connectivity index (χ3n) is 30.8. The van der Waals surface area contributed by atoms with Crippen molar-refractivity contribution in [2.24, 2.45) is 136 Å². The van der Waals surface area contributed by atoms with E-state index in [-0.39, 0.29) is 11.9 Å². The van der Waals surface area contributed by atoms with E-state index in [1.807, 2.05) is 47.4 Å². The highest BCUT2D eigenvalue weighted by Gasteiger charge is 2.48. The first-order valence-corrected chi connectivity index (χ1v) is 61.0. The standard InChI is InChI=1S/C18H27NO.C17H25NO3.C13H25NO.2C11H22.C10H20N2O.C10H18.C9H18.C8H18.2C7H16.C6H14.C4H10/c1-14(2)12-16-8-10-19(11-9-16)13-17-4-6-18(7-5-17)15(3)20;1-14(2)12-17(20)8-10-18(11-9-17)16(19)21-13-15-6-4-3-5-7-15;1-11(2)10-13-5-8-14(9-6-13)7-4-12(3)15;1-9(2)8-11-6-4-10(3)5-7-11;1-9(2)10(3)11-7-5-4-6-8-11;1-9(2)8-10(13)12-6-4-11(3)5-7-12;1-8(2)9-6-10(7-9)4-3-5-10;1-8(2)6-7-9-4-3-5-9;1-4-5-6-7-8(2)3;1-6(2)5-7(3)4;1-4-5-6-7(2)3;1-4-5-6(2)3;1-4(2)3/h4-7,14,16H,8-13H2,1-3H3;3-7,14,20H,8-13H2,1-2H3;11,13H,4-10H2,1-3H3;2*9-11H,4-8H2,1-3H3;9H,4-8H2,1-3H3;8-9H,3-7H2,1-2H3;8-9H,3-7H2,1-2H3;8H,4-7H2,1-3H3;6-7H,5H2,1-4H3;7H,4-6H2,1-3H3;6H,4-5H2,1-3H3;4H,1-3H3. The molecule has 1 unspecified atom stereocenters. The molecule has 5 aliphatic carbocycles. The summed E-state index contributed by atoms with van der Waals surface area (Å²) >= 11 is 0. The first-order chi connectivity index (χ1) is 66.8. The molecule has 4 saturated heterocycles. The van der Waals surface area contributed by atoms with Crippen LogP contribution in [0.5, 0.6) is 0 Å². The molecule has 11 heteroatoms. The Morgan fingerprint density at radius 2 is 0.880 bits per heavy atom. The Bertz CT molecular complexity index is 3170. The maximum Gasteiger partial charge on any atom is 0.410 e. The number of nitrogens with zero attached hydrogens (tertiary/aromatic N) is 5. The van der Waals surface area contributed by atoms with Gasteiger partial charge in [-0.2, -0.15) is 0 Å². The van der Waals surface area contributed by atoms with Gasteiger partial charge in [0.25, 0.3) is 0 Å². The largest absolute Gasteiger partial charge is 0.445 e. The lowest BCUT2D eigenvalue weighted by molar-refractivity contribution is -0.133. The van der Waals surface area contributed by atoms with Crippen LogP contribution in [0.3, 0.4) is 0 Å². The average molecular weight is 1990 g/mol. The van der Waals surface area contributed by atoms with Gasteiger partial charge in [-0.25, -0.2) is 4.79 Å². The molecule has 2 amide bonds. The molecule has 1 atom stereocenters. The van der Waals surface area contributed by atoms with Gasteiger partial charge in [0.05, 0.1) is 5.60 Å². The van der Waals surface area contributed by atoms with E-state index in [0.29, 0.717) is 62.5 Å². The normalized spacial score (nSPS) is 19.1. The number of ketones is 2. The first-order valence-electron chi connectivity index (χ1n) is 61.0. The summed E-state index contributed by atoms with van der Waals surface area (Å²) < 4.78 is 5.32. The zero-order valence-electron chi connectivity index (χ0n) is 102. The number of hydrogen-bond donors (Lipinski definition) is 1. The summed E-state index contributed by atoms with van der Waals surface area (Å²) in [4.78, 5) is 56.7. The zero-order chi connectivity index (χ0) is 108. The Morgan fingerprint density at radius 3 is 1.24 bits per heavy atom. The van der Waals surface area contributed by atoms with Gasteiger partial charge < -0.3 is 29.4 Å². The lowest BCUT2D eigenvalue weighted by Gasteiger charge is -2.55. The summed E-state index contributed by atoms with van der Waals surface area (Å²) in [6.45, 7) is 92.6. The molecule has 1 N–H and O–H groups in total. The van der Waals surface area contributed by atoms with Gasteiger partial charge in [0.15, 0.2) is 5.78 Å². The Kier molecular flexibility index (Phi) is 83.1. The fourth-order valence-electron chi connectivity index (χ4n) is 21.3. The molecular weight excluding hydrogens is 1740 g/mol. The fraction of sp³-hybridized carbons (Fsp3) is 0.878. The van der Waals surface area contributed by atoms with Crippen molar-refractivity contribution in [3.05, 3.63) is 71.3 Å². The number of carbonyl (C=O) groups is 4. The monoisotopic (exact) mass is 1990 g/mol. The number of aliphatic hydroxyl groups is 1. The second-order valence-corrected chi connectivity index (χ2v) is 52.8. The van der Waals surface area contributed by atoms with Crippen molar-refractivity contribution in [2.75, 3.05) is 79.0 Å². The molecule has 1 spiro atoms. The number of ether oxygens (including phenoxy) is 1. The van der Waals surface area contributed by atoms with E-state index in [2.05, 4.69) is 269 Å². The van der Waals surface area contributed by atoms with Crippen LogP contribution < -0.4 is 0 Å². The molecule has 9 fully saturated rings. The van der Waals surface area contributed by atoms with Gasteiger partial charge in [-0.15, -0.1) is 0 Å². The SMILES string of the molecule is CC(=O)CCN1CCC(CC(C)C)CC1.CC(=O)c1ccc(CN2CCC(CC(C)C)CC2)cc1.CC(C)C.CC(C)C(C)C1CCCCC1.CC(C)C1CC2(CCC2)C1.CC(C)CC(=O)N1CCN(C)CC1.CC(C)CC(C)C.CC(C)CC1(O)CCN(C(=O)OCc2ccccc2)CC1.CC(C)CC1CCC(C)CC1.CC(C)CCC1CCC1.CCCC(C)C.CCCCC(C)C.CCCCCC(C)C. The lowest BCUT2D eigenvalue weighted by Crippen LogP contribution is -2.47. The highest BCUT2D eigenvalue weighted by atomic mass is 16.6. The van der Waals surface area contributed by atoms with Crippen molar-refractivity contribution in [3.8, 4) is 0 Å². The van der Waals surface area contributed by atoms with Crippen molar-refractivity contribution >= 4 is 23.6 Å². The third kappa shape index (κ3) is 78.5. The lowest BCUT2D eigenvalue weighted by atomic mass is 9.50. The molecular formula is C131H251N5O6. The van der Waals surface area contributed by atoms with Crippen LogP contribution in [-0.4, -0.2) is 138 Å². The molecule has 142 heavy (non-hydrogen) atoms. The molecule has 5 saturated carbocycles. The van der Waals surface area contributed by atoms with Crippen molar-refractivity contribution in [3.63, 3.8) is 0 Å². The van der Waals surface area contributed by atoms with Crippen LogP contribution >= 0.6 is 0 Å². The summed E-state index contributed by atoms with van der Waals surface area (Å²) in [7, 11) is 2.10. The molecule has 0 bridgehead atoms. The van der Waals surface area contributed by atoms with Crippen LogP contribution in [0, 0.1) is 136 Å². The Balaban J connectivity index is 0. The minimum atomic E-state index is -0.621. The average Bonchev–Trinajstić information content (AvgIpc) is 0.757. The molecule has 9 aliphatic rings. The zero-order valence-corrected chi connectivity index (χ0v) is 102.